The second-order valence-corrected chi connectivity index (χ2v) is 4.07. The molecule has 88 valence electrons. The molecule has 15 heavy (non-hydrogen) atoms. The summed E-state index contributed by atoms with van der Waals surface area (Å²) in [5.74, 6) is -0.878. The maximum absolute atomic E-state index is 11.2. The van der Waals surface area contributed by atoms with Crippen molar-refractivity contribution in [1.82, 2.24) is 5.32 Å². The predicted molar refractivity (Wildman–Crippen MR) is 57.6 cm³/mol. The van der Waals surface area contributed by atoms with Crippen molar-refractivity contribution in [2.75, 3.05) is 18.1 Å². The van der Waals surface area contributed by atoms with Crippen molar-refractivity contribution in [2.24, 2.45) is 5.73 Å². The molecule has 0 radical (unpaired) electrons. The van der Waals surface area contributed by atoms with Crippen molar-refractivity contribution in [3.05, 3.63) is 0 Å². The van der Waals surface area contributed by atoms with Crippen LogP contribution >= 0.6 is 11.8 Å². The number of carbonyl (C=O) groups is 2. The molecule has 0 rings (SSSR count). The number of amides is 1. The van der Waals surface area contributed by atoms with Gasteiger partial charge in [0, 0.05) is 12.3 Å². The molecule has 0 saturated heterocycles. The zero-order valence-electron chi connectivity index (χ0n) is 8.47. The van der Waals surface area contributed by atoms with Gasteiger partial charge in [-0.05, 0) is 6.92 Å². The van der Waals surface area contributed by atoms with Crippen LogP contribution in [-0.4, -0.2) is 52.3 Å². The van der Waals surface area contributed by atoms with Gasteiger partial charge in [0.15, 0.2) is 6.04 Å². The normalized spacial score (nSPS) is 14.3. The SMILES string of the molecule is CC(O)C(NC(=O)CSCCN)C(=O)O. The zero-order chi connectivity index (χ0) is 11.8. The average Bonchev–Trinajstić information content (AvgIpc) is 2.13. The summed E-state index contributed by atoms with van der Waals surface area (Å²) in [6.45, 7) is 1.78. The maximum atomic E-state index is 11.2. The van der Waals surface area contributed by atoms with Crippen molar-refractivity contribution in [1.29, 1.82) is 0 Å². The lowest BCUT2D eigenvalue weighted by molar-refractivity contribution is -0.144. The van der Waals surface area contributed by atoms with Crippen molar-refractivity contribution < 1.29 is 19.8 Å². The van der Waals surface area contributed by atoms with Gasteiger partial charge in [-0.1, -0.05) is 0 Å². The van der Waals surface area contributed by atoms with E-state index in [1.807, 2.05) is 0 Å². The van der Waals surface area contributed by atoms with Gasteiger partial charge in [-0.25, -0.2) is 4.79 Å². The minimum atomic E-state index is -1.25. The van der Waals surface area contributed by atoms with Gasteiger partial charge in [-0.2, -0.15) is 11.8 Å². The second kappa shape index (κ2) is 7.49. The molecule has 1 amide bonds. The topological polar surface area (TPSA) is 113 Å². The summed E-state index contributed by atoms with van der Waals surface area (Å²) in [5.41, 5.74) is 5.23. The largest absolute Gasteiger partial charge is 0.480 e. The number of aliphatic carboxylic acids is 1. The third-order valence-electron chi connectivity index (χ3n) is 1.56. The summed E-state index contributed by atoms with van der Waals surface area (Å²) in [6.07, 6.45) is -1.12. The average molecular weight is 236 g/mol. The van der Waals surface area contributed by atoms with Gasteiger partial charge in [0.1, 0.15) is 0 Å². The van der Waals surface area contributed by atoms with Crippen LogP contribution in [0, 0.1) is 0 Å². The predicted octanol–water partition coefficient (Wildman–Crippen LogP) is -1.37. The Morgan fingerprint density at radius 1 is 1.53 bits per heavy atom. The van der Waals surface area contributed by atoms with Crippen molar-refractivity contribution in [2.45, 2.75) is 19.1 Å². The van der Waals surface area contributed by atoms with E-state index in [0.717, 1.165) is 0 Å². The molecule has 2 atom stereocenters. The number of carboxylic acid groups (broad SMARTS) is 1. The van der Waals surface area contributed by atoms with Crippen LogP contribution in [0.1, 0.15) is 6.92 Å². The second-order valence-electron chi connectivity index (χ2n) is 2.97. The quantitative estimate of drug-likeness (QED) is 0.406. The maximum Gasteiger partial charge on any atom is 0.328 e. The molecule has 0 aliphatic rings. The van der Waals surface area contributed by atoms with Gasteiger partial charge in [-0.3, -0.25) is 4.79 Å². The molecule has 6 nitrogen and oxygen atoms in total. The lowest BCUT2D eigenvalue weighted by Gasteiger charge is -2.16. The van der Waals surface area contributed by atoms with E-state index in [2.05, 4.69) is 5.32 Å². The molecule has 7 heteroatoms. The molecule has 0 heterocycles. The molecule has 0 aliphatic heterocycles. The molecule has 0 fully saturated rings. The Balaban J connectivity index is 3.95. The molecule has 0 aliphatic carbocycles. The van der Waals surface area contributed by atoms with Crippen LogP contribution in [0.4, 0.5) is 0 Å². The molecule has 0 aromatic rings. The minimum absolute atomic E-state index is 0.147. The zero-order valence-corrected chi connectivity index (χ0v) is 9.29. The number of carboxylic acids is 1. The third-order valence-corrected chi connectivity index (χ3v) is 2.55. The molecule has 0 bridgehead atoms. The lowest BCUT2D eigenvalue weighted by atomic mass is 10.2. The monoisotopic (exact) mass is 236 g/mol. The highest BCUT2D eigenvalue weighted by molar-refractivity contribution is 7.99. The first kappa shape index (κ1) is 14.2. The number of nitrogens with two attached hydrogens (primary N) is 1. The highest BCUT2D eigenvalue weighted by atomic mass is 32.2. The molecule has 2 unspecified atom stereocenters. The number of nitrogens with one attached hydrogen (secondary N) is 1. The molecule has 0 saturated carbocycles. The van der Waals surface area contributed by atoms with Crippen LogP contribution in [0.5, 0.6) is 0 Å². The first-order valence-electron chi connectivity index (χ1n) is 4.47. The number of hydrogen-bond donors (Lipinski definition) is 4. The Labute approximate surface area is 92.2 Å². The van der Waals surface area contributed by atoms with Crippen LogP contribution in [0.3, 0.4) is 0 Å². The fourth-order valence-electron chi connectivity index (χ4n) is 0.852. The van der Waals surface area contributed by atoms with E-state index in [1.165, 1.54) is 18.7 Å². The Hall–Kier alpha value is -0.790. The standard InChI is InChI=1S/C8H16N2O4S/c1-5(11)7(8(13)14)10-6(12)4-15-3-2-9/h5,7,11H,2-4,9H2,1H3,(H,10,12)(H,13,14). The Bertz CT molecular complexity index is 223. The van der Waals surface area contributed by atoms with E-state index >= 15 is 0 Å². The molecular formula is C8H16N2O4S. The Morgan fingerprint density at radius 2 is 2.13 bits per heavy atom. The van der Waals surface area contributed by atoms with Gasteiger partial charge >= 0.3 is 5.97 Å². The van der Waals surface area contributed by atoms with Crippen LogP contribution in [-0.2, 0) is 9.59 Å². The van der Waals surface area contributed by atoms with E-state index in [9.17, 15) is 9.59 Å². The first-order valence-corrected chi connectivity index (χ1v) is 5.62. The molecule has 0 aromatic carbocycles. The highest BCUT2D eigenvalue weighted by Gasteiger charge is 2.24. The number of aliphatic hydroxyl groups excluding tert-OH is 1. The summed E-state index contributed by atoms with van der Waals surface area (Å²) in [5, 5.41) is 20.0. The number of hydrogen-bond acceptors (Lipinski definition) is 5. The molecule has 0 aromatic heterocycles. The van der Waals surface area contributed by atoms with E-state index in [-0.39, 0.29) is 5.75 Å². The number of aliphatic hydroxyl groups is 1. The molecule has 0 spiro atoms. The van der Waals surface area contributed by atoms with E-state index in [0.29, 0.717) is 12.3 Å². The molecular weight excluding hydrogens is 220 g/mol. The Kier molecular flexibility index (Phi) is 7.10. The molecule has 5 N–H and O–H groups in total. The minimum Gasteiger partial charge on any atom is -0.480 e. The van der Waals surface area contributed by atoms with E-state index in [4.69, 9.17) is 15.9 Å². The summed E-state index contributed by atoms with van der Waals surface area (Å²) >= 11 is 1.32. The Morgan fingerprint density at radius 3 is 2.53 bits per heavy atom. The summed E-state index contributed by atoms with van der Waals surface area (Å²) in [6, 6.07) is -1.25. The van der Waals surface area contributed by atoms with Gasteiger partial charge in [0.25, 0.3) is 0 Å². The smallest absolute Gasteiger partial charge is 0.328 e. The third kappa shape index (κ3) is 6.32. The number of rotatable bonds is 7. The van der Waals surface area contributed by atoms with Crippen LogP contribution in [0.15, 0.2) is 0 Å². The van der Waals surface area contributed by atoms with Gasteiger partial charge in [0.2, 0.25) is 5.91 Å². The first-order chi connectivity index (χ1) is 6.99. The highest BCUT2D eigenvalue weighted by Crippen LogP contribution is 1.99. The summed E-state index contributed by atoms with van der Waals surface area (Å²) in [4.78, 5) is 21.8. The number of thioether (sulfide) groups is 1. The van der Waals surface area contributed by atoms with Crippen molar-refractivity contribution >= 4 is 23.6 Å². The summed E-state index contributed by atoms with van der Waals surface area (Å²) in [7, 11) is 0. The van der Waals surface area contributed by atoms with Gasteiger partial charge in [0.05, 0.1) is 11.9 Å². The fourth-order valence-corrected chi connectivity index (χ4v) is 1.43. The van der Waals surface area contributed by atoms with Crippen LogP contribution in [0.25, 0.3) is 0 Å². The number of carbonyl (C=O) groups excluding carboxylic acids is 1. The van der Waals surface area contributed by atoms with E-state index < -0.39 is 24.0 Å². The lowest BCUT2D eigenvalue weighted by Crippen LogP contribution is -2.48. The van der Waals surface area contributed by atoms with Crippen LogP contribution in [0.2, 0.25) is 0 Å². The fraction of sp³-hybridized carbons (Fsp3) is 0.750. The van der Waals surface area contributed by atoms with Gasteiger partial charge < -0.3 is 21.3 Å². The van der Waals surface area contributed by atoms with Crippen molar-refractivity contribution in [3.8, 4) is 0 Å². The van der Waals surface area contributed by atoms with E-state index in [1.54, 1.807) is 0 Å². The summed E-state index contributed by atoms with van der Waals surface area (Å²) < 4.78 is 0. The van der Waals surface area contributed by atoms with Gasteiger partial charge in [-0.15, -0.1) is 0 Å². The van der Waals surface area contributed by atoms with Crippen molar-refractivity contribution in [3.63, 3.8) is 0 Å². The van der Waals surface area contributed by atoms with Crippen LogP contribution < -0.4 is 11.1 Å².